The first-order valence-electron chi connectivity index (χ1n) is 9.32. The molecule has 1 aromatic carbocycles. The fraction of sp³-hybridized carbons (Fsp3) is 0.500. The van der Waals surface area contributed by atoms with Gasteiger partial charge in [0.1, 0.15) is 23.8 Å². The summed E-state index contributed by atoms with van der Waals surface area (Å²) >= 11 is 0. The van der Waals surface area contributed by atoms with Crippen LogP contribution in [0.1, 0.15) is 31.4 Å². The number of likely N-dealkylation sites (tertiary alicyclic amines) is 1. The van der Waals surface area contributed by atoms with E-state index in [1.54, 1.807) is 18.3 Å². The molecule has 0 bridgehead atoms. The predicted molar refractivity (Wildman–Crippen MR) is 98.9 cm³/mol. The number of carbonyl (C=O) groups is 1. The smallest absolute Gasteiger partial charge is 0.224 e. The van der Waals surface area contributed by atoms with Crippen LogP contribution < -0.4 is 4.74 Å². The van der Waals surface area contributed by atoms with E-state index in [-0.39, 0.29) is 18.3 Å². The Morgan fingerprint density at radius 2 is 2.04 bits per heavy atom. The van der Waals surface area contributed by atoms with Gasteiger partial charge in [-0.2, -0.15) is 5.10 Å². The SMILES string of the molecule is Cc1ccnn1CCC(=O)N1CCCC(O)(COc2ccc(F)cc2)CC1. The first kappa shape index (κ1) is 19.4. The van der Waals surface area contributed by atoms with E-state index in [1.807, 2.05) is 22.6 Å². The summed E-state index contributed by atoms with van der Waals surface area (Å²) in [6.45, 7) is 3.79. The summed E-state index contributed by atoms with van der Waals surface area (Å²) in [7, 11) is 0. The molecule has 1 N–H and O–H groups in total. The van der Waals surface area contributed by atoms with Crippen molar-refractivity contribution in [1.29, 1.82) is 0 Å². The molecule has 3 rings (SSSR count). The lowest BCUT2D eigenvalue weighted by molar-refractivity contribution is -0.131. The van der Waals surface area contributed by atoms with Gasteiger partial charge in [0.05, 0.1) is 0 Å². The minimum Gasteiger partial charge on any atom is -0.491 e. The number of carbonyl (C=O) groups excluding carboxylic acids is 1. The number of aryl methyl sites for hydroxylation is 2. The van der Waals surface area contributed by atoms with Gasteiger partial charge in [0.15, 0.2) is 0 Å². The molecule has 1 fully saturated rings. The van der Waals surface area contributed by atoms with Crippen LogP contribution in [0.15, 0.2) is 36.5 Å². The Hall–Kier alpha value is -2.41. The number of amides is 1. The molecule has 2 aromatic rings. The fourth-order valence-corrected chi connectivity index (χ4v) is 3.31. The highest BCUT2D eigenvalue weighted by molar-refractivity contribution is 5.76. The number of rotatable bonds is 6. The number of ether oxygens (including phenoxy) is 1. The topological polar surface area (TPSA) is 67.6 Å². The second-order valence-electron chi connectivity index (χ2n) is 7.15. The molecule has 146 valence electrons. The fourth-order valence-electron chi connectivity index (χ4n) is 3.31. The van der Waals surface area contributed by atoms with Crippen molar-refractivity contribution in [3.8, 4) is 5.75 Å². The van der Waals surface area contributed by atoms with Gasteiger partial charge in [-0.1, -0.05) is 0 Å². The van der Waals surface area contributed by atoms with E-state index in [4.69, 9.17) is 4.74 Å². The summed E-state index contributed by atoms with van der Waals surface area (Å²) in [5.41, 5.74) is 0.0492. The summed E-state index contributed by atoms with van der Waals surface area (Å²) in [6, 6.07) is 7.66. The Labute approximate surface area is 158 Å². The van der Waals surface area contributed by atoms with E-state index < -0.39 is 5.60 Å². The van der Waals surface area contributed by atoms with Crippen LogP contribution in [0.3, 0.4) is 0 Å². The van der Waals surface area contributed by atoms with Crippen molar-refractivity contribution in [3.05, 3.63) is 48.0 Å². The summed E-state index contributed by atoms with van der Waals surface area (Å²) in [4.78, 5) is 14.3. The molecule has 1 saturated heterocycles. The van der Waals surface area contributed by atoms with Crippen molar-refractivity contribution in [2.45, 2.75) is 44.8 Å². The number of nitrogens with zero attached hydrogens (tertiary/aromatic N) is 3. The lowest BCUT2D eigenvalue weighted by atomic mass is 9.96. The van der Waals surface area contributed by atoms with Gasteiger partial charge in [-0.15, -0.1) is 0 Å². The molecule has 0 spiro atoms. The summed E-state index contributed by atoms with van der Waals surface area (Å²) in [5, 5.41) is 15.0. The molecule has 2 heterocycles. The third kappa shape index (κ3) is 5.29. The van der Waals surface area contributed by atoms with Crippen LogP contribution in [0.5, 0.6) is 5.75 Å². The van der Waals surface area contributed by atoms with E-state index >= 15 is 0 Å². The molecular weight excluding hydrogens is 349 g/mol. The van der Waals surface area contributed by atoms with Gasteiger partial charge < -0.3 is 14.7 Å². The first-order valence-corrected chi connectivity index (χ1v) is 9.32. The van der Waals surface area contributed by atoms with E-state index in [1.165, 1.54) is 12.1 Å². The van der Waals surface area contributed by atoms with Crippen molar-refractivity contribution >= 4 is 5.91 Å². The van der Waals surface area contributed by atoms with Crippen LogP contribution in [0.2, 0.25) is 0 Å². The van der Waals surface area contributed by atoms with Crippen LogP contribution in [0, 0.1) is 12.7 Å². The predicted octanol–water partition coefficient (Wildman–Crippen LogP) is 2.54. The highest BCUT2D eigenvalue weighted by atomic mass is 19.1. The molecule has 27 heavy (non-hydrogen) atoms. The van der Waals surface area contributed by atoms with Gasteiger partial charge >= 0.3 is 0 Å². The zero-order valence-electron chi connectivity index (χ0n) is 15.6. The lowest BCUT2D eigenvalue weighted by Gasteiger charge is -2.27. The molecular formula is C20H26FN3O3. The van der Waals surface area contributed by atoms with Crippen LogP contribution >= 0.6 is 0 Å². The average molecular weight is 375 g/mol. The van der Waals surface area contributed by atoms with E-state index in [2.05, 4.69) is 5.10 Å². The summed E-state index contributed by atoms with van der Waals surface area (Å²) in [6.07, 6.45) is 3.87. The van der Waals surface area contributed by atoms with Crippen molar-refractivity contribution in [2.75, 3.05) is 19.7 Å². The van der Waals surface area contributed by atoms with Gasteiger partial charge in [0, 0.05) is 37.9 Å². The van der Waals surface area contributed by atoms with E-state index in [0.717, 1.165) is 12.1 Å². The zero-order valence-corrected chi connectivity index (χ0v) is 15.6. The Kier molecular flexibility index (Phi) is 6.11. The van der Waals surface area contributed by atoms with Gasteiger partial charge in [0.25, 0.3) is 0 Å². The van der Waals surface area contributed by atoms with Crippen molar-refractivity contribution in [2.24, 2.45) is 0 Å². The monoisotopic (exact) mass is 375 g/mol. The Morgan fingerprint density at radius 3 is 2.74 bits per heavy atom. The van der Waals surface area contributed by atoms with Gasteiger partial charge in [0.2, 0.25) is 5.91 Å². The first-order chi connectivity index (χ1) is 13.0. The average Bonchev–Trinajstić information content (AvgIpc) is 2.96. The minimum absolute atomic E-state index is 0.0774. The largest absolute Gasteiger partial charge is 0.491 e. The zero-order chi connectivity index (χ0) is 19.3. The number of hydrogen-bond acceptors (Lipinski definition) is 4. The summed E-state index contributed by atoms with van der Waals surface area (Å²) in [5.74, 6) is 0.278. The molecule has 0 radical (unpaired) electrons. The molecule has 1 amide bonds. The van der Waals surface area contributed by atoms with Crippen molar-refractivity contribution < 1.29 is 19.0 Å². The normalized spacial score (nSPS) is 20.3. The summed E-state index contributed by atoms with van der Waals surface area (Å²) < 4.78 is 20.4. The minimum atomic E-state index is -0.984. The molecule has 0 saturated carbocycles. The maximum Gasteiger partial charge on any atom is 0.224 e. The van der Waals surface area contributed by atoms with E-state index in [9.17, 15) is 14.3 Å². The lowest BCUT2D eigenvalue weighted by Crippen LogP contribution is -2.38. The quantitative estimate of drug-likeness (QED) is 0.843. The van der Waals surface area contributed by atoms with Gasteiger partial charge in [-0.05, 0) is 56.5 Å². The van der Waals surface area contributed by atoms with Crippen LogP contribution in [0.25, 0.3) is 0 Å². The van der Waals surface area contributed by atoms with Gasteiger partial charge in [-0.25, -0.2) is 4.39 Å². The molecule has 6 nitrogen and oxygen atoms in total. The molecule has 1 aliphatic heterocycles. The number of hydrogen-bond donors (Lipinski definition) is 1. The van der Waals surface area contributed by atoms with Crippen LogP contribution in [-0.2, 0) is 11.3 Å². The maximum atomic E-state index is 13.0. The number of aliphatic hydroxyl groups is 1. The number of benzene rings is 1. The molecule has 1 atom stereocenters. The Morgan fingerprint density at radius 1 is 1.26 bits per heavy atom. The molecule has 1 aromatic heterocycles. The molecule has 0 aliphatic carbocycles. The molecule has 1 unspecified atom stereocenters. The van der Waals surface area contributed by atoms with Crippen LogP contribution in [-0.4, -0.2) is 51.0 Å². The molecule has 1 aliphatic rings. The standard InChI is InChI=1S/C20H26FN3O3/c1-16-7-11-22-24(16)13-8-19(25)23-12-2-9-20(26,10-14-23)15-27-18-5-3-17(21)4-6-18/h3-7,11,26H,2,8-10,12-15H2,1H3. The second kappa shape index (κ2) is 8.52. The maximum absolute atomic E-state index is 13.0. The third-order valence-corrected chi connectivity index (χ3v) is 5.06. The number of halogens is 1. The Bertz CT molecular complexity index is 762. The van der Waals surface area contributed by atoms with Crippen LogP contribution in [0.4, 0.5) is 4.39 Å². The highest BCUT2D eigenvalue weighted by Crippen LogP contribution is 2.24. The second-order valence-corrected chi connectivity index (χ2v) is 7.15. The van der Waals surface area contributed by atoms with E-state index in [0.29, 0.717) is 44.6 Å². The highest BCUT2D eigenvalue weighted by Gasteiger charge is 2.32. The van der Waals surface area contributed by atoms with Crippen molar-refractivity contribution in [1.82, 2.24) is 14.7 Å². The van der Waals surface area contributed by atoms with Gasteiger partial charge in [-0.3, -0.25) is 9.48 Å². The Balaban J connectivity index is 1.49. The van der Waals surface area contributed by atoms with Crippen molar-refractivity contribution in [3.63, 3.8) is 0 Å². The third-order valence-electron chi connectivity index (χ3n) is 5.06. The molecule has 7 heteroatoms. The number of aromatic nitrogens is 2.